The molecule has 8 heteroatoms. The van der Waals surface area contributed by atoms with Crippen molar-refractivity contribution in [1.29, 1.82) is 0 Å². The second-order valence-corrected chi connectivity index (χ2v) is 9.76. The third-order valence-electron chi connectivity index (χ3n) is 5.77. The number of hydrogen-bond acceptors (Lipinski definition) is 4. The summed E-state index contributed by atoms with van der Waals surface area (Å²) in [5.74, 6) is -0.0130. The molecule has 1 saturated heterocycles. The van der Waals surface area contributed by atoms with Gasteiger partial charge in [0, 0.05) is 42.5 Å². The number of anilines is 1. The van der Waals surface area contributed by atoms with Crippen molar-refractivity contribution in [3.05, 3.63) is 69.2 Å². The molecule has 0 spiro atoms. The monoisotopic (exact) mass is 482 g/mol. The molecule has 3 amide bonds. The van der Waals surface area contributed by atoms with E-state index in [1.54, 1.807) is 29.2 Å². The summed E-state index contributed by atoms with van der Waals surface area (Å²) in [6.45, 7) is 8.20. The Morgan fingerprint density at radius 3 is 2.39 bits per heavy atom. The van der Waals surface area contributed by atoms with Crippen LogP contribution in [0.2, 0.25) is 5.02 Å². The van der Waals surface area contributed by atoms with Crippen LogP contribution in [0.1, 0.15) is 32.9 Å². The van der Waals surface area contributed by atoms with Gasteiger partial charge in [-0.2, -0.15) is 0 Å². The number of carbonyl (C=O) groups excluding carboxylic acids is 2. The highest BCUT2D eigenvalue weighted by atomic mass is 35.5. The van der Waals surface area contributed by atoms with Gasteiger partial charge in [0.15, 0.2) is 0 Å². The van der Waals surface area contributed by atoms with Crippen molar-refractivity contribution < 1.29 is 9.59 Å². The van der Waals surface area contributed by atoms with Crippen LogP contribution in [0.5, 0.6) is 0 Å². The van der Waals surface area contributed by atoms with E-state index in [4.69, 9.17) is 16.6 Å². The molecule has 6 nitrogen and oxygen atoms in total. The van der Waals surface area contributed by atoms with Crippen LogP contribution < -0.4 is 5.32 Å². The van der Waals surface area contributed by atoms with Crippen LogP contribution in [0.15, 0.2) is 42.5 Å². The molecule has 0 bridgehead atoms. The third kappa shape index (κ3) is 5.37. The van der Waals surface area contributed by atoms with Gasteiger partial charge in [-0.25, -0.2) is 9.78 Å². The van der Waals surface area contributed by atoms with E-state index in [-0.39, 0.29) is 11.9 Å². The highest BCUT2D eigenvalue weighted by Crippen LogP contribution is 2.31. The number of hydrogen-bond donors (Lipinski definition) is 1. The van der Waals surface area contributed by atoms with Crippen LogP contribution in [-0.2, 0) is 0 Å². The molecule has 4 rings (SSSR count). The van der Waals surface area contributed by atoms with Crippen LogP contribution >= 0.6 is 22.9 Å². The van der Waals surface area contributed by atoms with Crippen molar-refractivity contribution in [2.75, 3.05) is 31.5 Å². The molecule has 1 aliphatic rings. The number of urea groups is 1. The fourth-order valence-electron chi connectivity index (χ4n) is 3.97. The predicted molar refractivity (Wildman–Crippen MR) is 134 cm³/mol. The maximum atomic E-state index is 13.3. The Bertz CT molecular complexity index is 1180. The summed E-state index contributed by atoms with van der Waals surface area (Å²) in [6.07, 6.45) is 0.724. The molecule has 3 aromatic rings. The van der Waals surface area contributed by atoms with Crippen molar-refractivity contribution >= 4 is 40.6 Å². The first kappa shape index (κ1) is 23.3. The predicted octanol–water partition coefficient (Wildman–Crippen LogP) is 5.77. The standard InChI is InChI=1S/C25H27ClN4O2S/c1-16-5-10-21(17(2)15-16)23-27-18(3)22(33-23)24(31)29-11-4-12-30(14-13-29)25(32)28-20-8-6-19(26)7-9-20/h5-10,15H,4,11-14H2,1-3H3,(H,28,32). The number of aromatic nitrogens is 1. The summed E-state index contributed by atoms with van der Waals surface area (Å²) in [5.41, 5.74) is 4.87. The largest absolute Gasteiger partial charge is 0.336 e. The lowest BCUT2D eigenvalue weighted by Gasteiger charge is -2.22. The average molecular weight is 483 g/mol. The number of rotatable bonds is 3. The molecule has 1 aliphatic heterocycles. The summed E-state index contributed by atoms with van der Waals surface area (Å²) < 4.78 is 0. The third-order valence-corrected chi connectivity index (χ3v) is 7.20. The molecule has 2 heterocycles. The summed E-state index contributed by atoms with van der Waals surface area (Å²) in [7, 11) is 0. The number of carbonyl (C=O) groups is 2. The molecule has 172 valence electrons. The highest BCUT2D eigenvalue weighted by molar-refractivity contribution is 7.17. The van der Waals surface area contributed by atoms with Crippen LogP contribution in [-0.4, -0.2) is 52.9 Å². The molecule has 0 atom stereocenters. The quantitative estimate of drug-likeness (QED) is 0.515. The molecule has 1 fully saturated rings. The first-order chi connectivity index (χ1) is 15.8. The Kier molecular flexibility index (Phi) is 7.00. The average Bonchev–Trinajstić information content (AvgIpc) is 3.00. The zero-order valence-electron chi connectivity index (χ0n) is 19.0. The molecule has 0 saturated carbocycles. The Hall–Kier alpha value is -2.90. The Balaban J connectivity index is 1.43. The van der Waals surface area contributed by atoms with Crippen LogP contribution in [0.3, 0.4) is 0 Å². The second kappa shape index (κ2) is 9.93. The van der Waals surface area contributed by atoms with E-state index in [2.05, 4.69) is 37.4 Å². The minimum Gasteiger partial charge on any atom is -0.336 e. The Morgan fingerprint density at radius 2 is 1.67 bits per heavy atom. The zero-order valence-corrected chi connectivity index (χ0v) is 20.6. The summed E-state index contributed by atoms with van der Waals surface area (Å²) in [4.78, 5) is 35.0. The number of amides is 3. The Morgan fingerprint density at radius 1 is 0.970 bits per heavy atom. The van der Waals surface area contributed by atoms with Crippen LogP contribution in [0, 0.1) is 20.8 Å². The van der Waals surface area contributed by atoms with Crippen molar-refractivity contribution in [2.24, 2.45) is 0 Å². The van der Waals surface area contributed by atoms with E-state index in [9.17, 15) is 9.59 Å². The molecule has 33 heavy (non-hydrogen) atoms. The molecule has 0 unspecified atom stereocenters. The summed E-state index contributed by atoms with van der Waals surface area (Å²) in [5, 5.41) is 4.39. The zero-order chi connectivity index (χ0) is 23.5. The van der Waals surface area contributed by atoms with Gasteiger partial charge in [-0.3, -0.25) is 4.79 Å². The minimum absolute atomic E-state index is 0.0130. The van der Waals surface area contributed by atoms with Crippen molar-refractivity contribution in [2.45, 2.75) is 27.2 Å². The first-order valence-electron chi connectivity index (χ1n) is 11.0. The molecular weight excluding hydrogens is 456 g/mol. The summed E-state index contributed by atoms with van der Waals surface area (Å²) >= 11 is 7.36. The second-order valence-electron chi connectivity index (χ2n) is 8.32. The molecule has 1 N–H and O–H groups in total. The smallest absolute Gasteiger partial charge is 0.321 e. The fraction of sp³-hybridized carbons (Fsp3) is 0.320. The topological polar surface area (TPSA) is 65.5 Å². The van der Waals surface area contributed by atoms with E-state index in [1.807, 2.05) is 11.8 Å². The van der Waals surface area contributed by atoms with Crippen molar-refractivity contribution in [3.63, 3.8) is 0 Å². The SMILES string of the molecule is Cc1ccc(-c2nc(C)c(C(=O)N3CCCN(C(=O)Nc4ccc(Cl)cc4)CC3)s2)c(C)c1. The van der Waals surface area contributed by atoms with Gasteiger partial charge in [-0.05, 0) is 57.0 Å². The highest BCUT2D eigenvalue weighted by Gasteiger charge is 2.26. The fourth-order valence-corrected chi connectivity index (χ4v) is 5.22. The number of thiazole rings is 1. The van der Waals surface area contributed by atoms with Gasteiger partial charge in [0.25, 0.3) is 5.91 Å². The van der Waals surface area contributed by atoms with Gasteiger partial charge in [-0.1, -0.05) is 35.4 Å². The first-order valence-corrected chi connectivity index (χ1v) is 12.2. The molecule has 1 aromatic heterocycles. The number of halogens is 1. The molecule has 0 aliphatic carbocycles. The maximum Gasteiger partial charge on any atom is 0.321 e. The van der Waals surface area contributed by atoms with Crippen LogP contribution in [0.4, 0.5) is 10.5 Å². The molecule has 0 radical (unpaired) electrons. The lowest BCUT2D eigenvalue weighted by molar-refractivity contribution is 0.0766. The lowest BCUT2D eigenvalue weighted by Crippen LogP contribution is -2.39. The van der Waals surface area contributed by atoms with Gasteiger partial charge in [-0.15, -0.1) is 11.3 Å². The Labute approximate surface area is 203 Å². The van der Waals surface area contributed by atoms with Gasteiger partial charge in [0.1, 0.15) is 9.88 Å². The molecule has 2 aromatic carbocycles. The number of benzene rings is 2. The normalized spacial score (nSPS) is 14.2. The van der Waals surface area contributed by atoms with Gasteiger partial charge >= 0.3 is 6.03 Å². The van der Waals surface area contributed by atoms with E-state index < -0.39 is 0 Å². The van der Waals surface area contributed by atoms with Gasteiger partial charge in [0.2, 0.25) is 0 Å². The van der Waals surface area contributed by atoms with E-state index in [0.717, 1.165) is 28.2 Å². The van der Waals surface area contributed by atoms with E-state index in [1.165, 1.54) is 16.9 Å². The van der Waals surface area contributed by atoms with E-state index in [0.29, 0.717) is 41.8 Å². The minimum atomic E-state index is -0.169. The lowest BCUT2D eigenvalue weighted by atomic mass is 10.1. The number of aryl methyl sites for hydroxylation is 3. The number of nitrogens with zero attached hydrogens (tertiary/aromatic N) is 3. The number of nitrogens with one attached hydrogen (secondary N) is 1. The van der Waals surface area contributed by atoms with Gasteiger partial charge in [0.05, 0.1) is 5.69 Å². The van der Waals surface area contributed by atoms with Gasteiger partial charge < -0.3 is 15.1 Å². The molecular formula is C25H27ClN4O2S. The van der Waals surface area contributed by atoms with E-state index >= 15 is 0 Å². The van der Waals surface area contributed by atoms with Crippen molar-refractivity contribution in [1.82, 2.24) is 14.8 Å². The summed E-state index contributed by atoms with van der Waals surface area (Å²) in [6, 6.07) is 13.1. The maximum absolute atomic E-state index is 13.3. The van der Waals surface area contributed by atoms with Crippen molar-refractivity contribution in [3.8, 4) is 10.6 Å². The van der Waals surface area contributed by atoms with Crippen LogP contribution in [0.25, 0.3) is 10.6 Å².